The fourth-order valence-corrected chi connectivity index (χ4v) is 4.53. The highest BCUT2D eigenvalue weighted by Gasteiger charge is 2.29. The number of nitrogens with zero attached hydrogens (tertiary/aromatic N) is 1. The maximum absolute atomic E-state index is 13.2. The average Bonchev–Trinajstić information content (AvgIpc) is 3.52. The van der Waals surface area contributed by atoms with E-state index >= 15 is 0 Å². The highest BCUT2D eigenvalue weighted by atomic mass is 35.5. The zero-order valence-electron chi connectivity index (χ0n) is 18.5. The summed E-state index contributed by atoms with van der Waals surface area (Å²) in [7, 11) is 0. The molecular formula is C23H27ClFN5O4. The molecule has 9 nitrogen and oxygen atoms in total. The number of imidazole rings is 1. The molecule has 1 aliphatic carbocycles. The van der Waals surface area contributed by atoms with Crippen LogP contribution in [0, 0.1) is 11.7 Å². The first-order chi connectivity index (χ1) is 16.4. The highest BCUT2D eigenvalue weighted by Crippen LogP contribution is 2.28. The van der Waals surface area contributed by atoms with Crippen LogP contribution in [0.5, 0.6) is 0 Å². The maximum Gasteiger partial charge on any atom is 0.272 e. The van der Waals surface area contributed by atoms with Crippen molar-refractivity contribution >= 4 is 35.0 Å². The number of aromatic nitrogens is 2. The van der Waals surface area contributed by atoms with Gasteiger partial charge in [0.1, 0.15) is 11.5 Å². The number of anilines is 1. The van der Waals surface area contributed by atoms with Gasteiger partial charge in [-0.15, -0.1) is 0 Å². The van der Waals surface area contributed by atoms with E-state index in [4.69, 9.17) is 16.3 Å². The van der Waals surface area contributed by atoms with Gasteiger partial charge in [-0.05, 0) is 56.7 Å². The van der Waals surface area contributed by atoms with E-state index in [2.05, 4.69) is 25.9 Å². The fraction of sp³-hybridized carbons (Fsp3) is 0.478. The van der Waals surface area contributed by atoms with Crippen LogP contribution in [0.2, 0.25) is 5.02 Å². The summed E-state index contributed by atoms with van der Waals surface area (Å²) in [5.41, 5.74) is 0.517. The summed E-state index contributed by atoms with van der Waals surface area (Å²) in [6.45, 7) is 1.07. The molecule has 2 heterocycles. The van der Waals surface area contributed by atoms with Crippen molar-refractivity contribution in [1.82, 2.24) is 20.6 Å². The Morgan fingerprint density at radius 3 is 2.65 bits per heavy atom. The molecule has 4 N–H and O–H groups in total. The van der Waals surface area contributed by atoms with Crippen LogP contribution in [-0.2, 0) is 9.53 Å². The Kier molecular flexibility index (Phi) is 7.79. The van der Waals surface area contributed by atoms with E-state index in [-0.39, 0.29) is 40.4 Å². The molecule has 0 unspecified atom stereocenters. The van der Waals surface area contributed by atoms with Gasteiger partial charge >= 0.3 is 0 Å². The van der Waals surface area contributed by atoms with Crippen molar-refractivity contribution in [2.75, 3.05) is 18.5 Å². The molecule has 34 heavy (non-hydrogen) atoms. The predicted octanol–water partition coefficient (Wildman–Crippen LogP) is 3.04. The molecular weight excluding hydrogens is 465 g/mol. The van der Waals surface area contributed by atoms with Crippen molar-refractivity contribution in [3.05, 3.63) is 46.8 Å². The van der Waals surface area contributed by atoms with Crippen molar-refractivity contribution in [2.24, 2.45) is 5.92 Å². The van der Waals surface area contributed by atoms with Crippen LogP contribution in [0.15, 0.2) is 24.5 Å². The molecule has 1 atom stereocenters. The number of rotatable bonds is 7. The Morgan fingerprint density at radius 2 is 1.94 bits per heavy atom. The number of H-pyrrole nitrogens is 1. The van der Waals surface area contributed by atoms with E-state index in [1.165, 1.54) is 18.5 Å². The Labute approximate surface area is 201 Å². The molecule has 11 heteroatoms. The first-order valence-electron chi connectivity index (χ1n) is 11.4. The third-order valence-electron chi connectivity index (χ3n) is 6.22. The van der Waals surface area contributed by atoms with Gasteiger partial charge in [0.05, 0.1) is 23.1 Å². The van der Waals surface area contributed by atoms with Gasteiger partial charge in [0.15, 0.2) is 5.69 Å². The van der Waals surface area contributed by atoms with Gasteiger partial charge in [0.25, 0.3) is 11.8 Å². The molecule has 1 saturated carbocycles. The highest BCUT2D eigenvalue weighted by molar-refractivity contribution is 6.33. The van der Waals surface area contributed by atoms with Crippen molar-refractivity contribution in [1.29, 1.82) is 0 Å². The summed E-state index contributed by atoms with van der Waals surface area (Å²) < 4.78 is 18.7. The van der Waals surface area contributed by atoms with Crippen LogP contribution >= 0.6 is 11.6 Å². The van der Waals surface area contributed by atoms with Crippen molar-refractivity contribution in [3.63, 3.8) is 0 Å². The monoisotopic (exact) mass is 491 g/mol. The minimum absolute atomic E-state index is 0.00774. The smallest absolute Gasteiger partial charge is 0.272 e. The number of carbonyl (C=O) groups is 3. The zero-order valence-corrected chi connectivity index (χ0v) is 19.3. The topological polar surface area (TPSA) is 125 Å². The number of hydrogen-bond donors (Lipinski definition) is 4. The molecule has 4 rings (SSSR count). The van der Waals surface area contributed by atoms with Crippen LogP contribution in [0.4, 0.5) is 10.1 Å². The maximum atomic E-state index is 13.2. The molecule has 1 aliphatic heterocycles. The molecule has 0 radical (unpaired) electrons. The molecule has 0 bridgehead atoms. The molecule has 2 fully saturated rings. The Balaban J connectivity index is 1.25. The van der Waals surface area contributed by atoms with Crippen molar-refractivity contribution in [3.8, 4) is 0 Å². The molecule has 1 aromatic carbocycles. The van der Waals surface area contributed by atoms with Crippen LogP contribution in [0.25, 0.3) is 0 Å². The van der Waals surface area contributed by atoms with Gasteiger partial charge in [0, 0.05) is 25.1 Å². The SMILES string of the molecule is O=C(NC[C@H]1CCCO1)c1nc[nH]c1C(=O)N[C@H]1CC[C@H](C(=O)Nc2ccc(F)cc2Cl)CC1. The Hall–Kier alpha value is -2.98. The van der Waals surface area contributed by atoms with Gasteiger partial charge in [-0.2, -0.15) is 0 Å². The summed E-state index contributed by atoms with van der Waals surface area (Å²) in [6.07, 6.45) is 5.54. The lowest BCUT2D eigenvalue weighted by Gasteiger charge is -2.28. The molecule has 1 aromatic heterocycles. The lowest BCUT2D eigenvalue weighted by atomic mass is 9.85. The van der Waals surface area contributed by atoms with E-state index in [9.17, 15) is 18.8 Å². The van der Waals surface area contributed by atoms with E-state index in [1.807, 2.05) is 0 Å². The zero-order chi connectivity index (χ0) is 24.1. The quantitative estimate of drug-likeness (QED) is 0.473. The van der Waals surface area contributed by atoms with E-state index in [0.717, 1.165) is 18.9 Å². The normalized spacial score (nSPS) is 22.2. The van der Waals surface area contributed by atoms with Gasteiger partial charge in [-0.25, -0.2) is 9.37 Å². The Morgan fingerprint density at radius 1 is 1.15 bits per heavy atom. The second-order valence-corrected chi connectivity index (χ2v) is 9.01. The van der Waals surface area contributed by atoms with Crippen LogP contribution < -0.4 is 16.0 Å². The second kappa shape index (κ2) is 11.0. The lowest BCUT2D eigenvalue weighted by molar-refractivity contribution is -0.120. The molecule has 1 saturated heterocycles. The summed E-state index contributed by atoms with van der Waals surface area (Å²) >= 11 is 5.98. The number of carbonyl (C=O) groups excluding carboxylic acids is 3. The fourth-order valence-electron chi connectivity index (χ4n) is 4.32. The minimum Gasteiger partial charge on any atom is -0.376 e. The van der Waals surface area contributed by atoms with E-state index < -0.39 is 17.6 Å². The summed E-state index contributed by atoms with van der Waals surface area (Å²) in [5, 5.41) is 8.59. The molecule has 3 amide bonds. The number of benzene rings is 1. The van der Waals surface area contributed by atoms with Crippen LogP contribution in [0.1, 0.15) is 59.5 Å². The first-order valence-corrected chi connectivity index (χ1v) is 11.8. The summed E-state index contributed by atoms with van der Waals surface area (Å²) in [5.74, 6) is -1.73. The predicted molar refractivity (Wildman–Crippen MR) is 123 cm³/mol. The minimum atomic E-state index is -0.472. The van der Waals surface area contributed by atoms with E-state index in [1.54, 1.807) is 0 Å². The summed E-state index contributed by atoms with van der Waals surface area (Å²) in [6, 6.07) is 3.69. The molecule has 2 aliphatic rings. The molecule has 182 valence electrons. The number of hydrogen-bond acceptors (Lipinski definition) is 5. The third kappa shape index (κ3) is 5.92. The number of nitrogens with one attached hydrogen (secondary N) is 4. The van der Waals surface area contributed by atoms with Gasteiger partial charge in [0.2, 0.25) is 5.91 Å². The second-order valence-electron chi connectivity index (χ2n) is 8.61. The number of halogens is 2. The lowest BCUT2D eigenvalue weighted by Crippen LogP contribution is -2.40. The summed E-state index contributed by atoms with van der Waals surface area (Å²) in [4.78, 5) is 44.6. The van der Waals surface area contributed by atoms with Crippen molar-refractivity contribution < 1.29 is 23.5 Å². The third-order valence-corrected chi connectivity index (χ3v) is 6.53. The number of aromatic amines is 1. The first kappa shape index (κ1) is 24.2. The molecule has 2 aromatic rings. The number of ether oxygens (including phenoxy) is 1. The Bertz CT molecular complexity index is 1050. The van der Waals surface area contributed by atoms with Gasteiger partial charge in [-0.1, -0.05) is 11.6 Å². The average molecular weight is 492 g/mol. The number of amides is 3. The van der Waals surface area contributed by atoms with E-state index in [0.29, 0.717) is 44.5 Å². The largest absolute Gasteiger partial charge is 0.376 e. The van der Waals surface area contributed by atoms with Crippen molar-refractivity contribution in [2.45, 2.75) is 50.7 Å². The standard InChI is InChI=1S/C23H27ClFN5O4/c24-17-10-14(25)5-8-18(17)30-21(31)13-3-6-15(7-4-13)29-23(33)20-19(27-12-28-20)22(32)26-11-16-2-1-9-34-16/h5,8,10,12-13,15-16H,1-4,6-7,9,11H2,(H,26,32)(H,27,28)(H,29,33)(H,30,31)/t13-,15-,16-/m1/s1. The van der Waals surface area contributed by atoms with Crippen LogP contribution in [-0.4, -0.2) is 53.0 Å². The van der Waals surface area contributed by atoms with Gasteiger partial charge < -0.3 is 25.7 Å². The van der Waals surface area contributed by atoms with Crippen LogP contribution in [0.3, 0.4) is 0 Å². The van der Waals surface area contributed by atoms with Gasteiger partial charge in [-0.3, -0.25) is 14.4 Å². The molecule has 0 spiro atoms.